The Morgan fingerprint density at radius 3 is 2.57 bits per heavy atom. The number of pyridine rings is 1. The van der Waals surface area contributed by atoms with E-state index in [0.29, 0.717) is 6.04 Å². The van der Waals surface area contributed by atoms with E-state index in [4.69, 9.17) is 0 Å². The Kier molecular flexibility index (Phi) is 4.39. The maximum atomic E-state index is 4.42. The molecule has 0 radical (unpaired) electrons. The molecule has 1 rings (SSSR count). The van der Waals surface area contributed by atoms with Crippen molar-refractivity contribution >= 4 is 21.7 Å². The second kappa shape index (κ2) is 5.35. The first-order valence-corrected chi connectivity index (χ1v) is 6.02. The average molecular weight is 257 g/mol. The summed E-state index contributed by atoms with van der Waals surface area (Å²) in [6, 6.07) is 4.67. The fraction of sp³-hybridized carbons (Fsp3) is 0.545. The van der Waals surface area contributed by atoms with Crippen molar-refractivity contribution in [2.24, 2.45) is 0 Å². The molecule has 0 atom stereocenters. The molecule has 2 nitrogen and oxygen atoms in total. The van der Waals surface area contributed by atoms with E-state index in [-0.39, 0.29) is 0 Å². The smallest absolute Gasteiger partial charge is 0.128 e. The largest absolute Gasteiger partial charge is 0.353 e. The van der Waals surface area contributed by atoms with E-state index >= 15 is 0 Å². The highest BCUT2D eigenvalue weighted by Crippen LogP contribution is 2.14. The molecule has 0 spiro atoms. The van der Waals surface area contributed by atoms with E-state index in [0.717, 1.165) is 17.7 Å². The normalized spacial score (nSPS) is 10.6. The molecule has 0 saturated carbocycles. The Bertz CT molecular complexity index is 269. The standard InChI is InChI=1S/C11H17BrN2/c1-9(2)14(7-6-12)11-5-4-10(3)8-13-11/h4-5,8-9H,6-7H2,1-3H3. The van der Waals surface area contributed by atoms with Gasteiger partial charge in [0.2, 0.25) is 0 Å². The number of aryl methyl sites for hydroxylation is 1. The summed E-state index contributed by atoms with van der Waals surface area (Å²) < 4.78 is 0. The zero-order chi connectivity index (χ0) is 10.6. The number of aromatic nitrogens is 1. The molecule has 0 amide bonds. The topological polar surface area (TPSA) is 16.1 Å². The van der Waals surface area contributed by atoms with Crippen molar-refractivity contribution < 1.29 is 0 Å². The van der Waals surface area contributed by atoms with Gasteiger partial charge in [-0.3, -0.25) is 0 Å². The number of anilines is 1. The van der Waals surface area contributed by atoms with Crippen molar-refractivity contribution in [3.8, 4) is 0 Å². The molecular formula is C11H17BrN2. The zero-order valence-corrected chi connectivity index (χ0v) is 10.6. The highest BCUT2D eigenvalue weighted by molar-refractivity contribution is 9.09. The van der Waals surface area contributed by atoms with Gasteiger partial charge in [-0.2, -0.15) is 0 Å². The van der Waals surface area contributed by atoms with Crippen molar-refractivity contribution in [1.82, 2.24) is 4.98 Å². The molecule has 0 aromatic carbocycles. The lowest BCUT2D eigenvalue weighted by atomic mass is 10.2. The molecule has 0 fully saturated rings. The number of hydrogen-bond donors (Lipinski definition) is 0. The zero-order valence-electron chi connectivity index (χ0n) is 9.00. The number of halogens is 1. The predicted molar refractivity (Wildman–Crippen MR) is 65.3 cm³/mol. The van der Waals surface area contributed by atoms with Gasteiger partial charge in [-0.15, -0.1) is 0 Å². The third-order valence-electron chi connectivity index (χ3n) is 2.14. The second-order valence-corrected chi connectivity index (χ2v) is 4.46. The quantitative estimate of drug-likeness (QED) is 0.771. The van der Waals surface area contributed by atoms with Gasteiger partial charge in [-0.25, -0.2) is 4.98 Å². The molecular weight excluding hydrogens is 240 g/mol. The Labute approximate surface area is 94.5 Å². The van der Waals surface area contributed by atoms with Crippen LogP contribution < -0.4 is 4.90 Å². The Morgan fingerprint density at radius 2 is 2.14 bits per heavy atom. The van der Waals surface area contributed by atoms with Crippen molar-refractivity contribution in [3.63, 3.8) is 0 Å². The van der Waals surface area contributed by atoms with E-state index in [1.807, 2.05) is 6.20 Å². The van der Waals surface area contributed by atoms with Crippen molar-refractivity contribution in [2.45, 2.75) is 26.8 Å². The molecule has 1 aromatic rings. The lowest BCUT2D eigenvalue weighted by Crippen LogP contribution is -2.33. The molecule has 0 N–H and O–H groups in total. The minimum absolute atomic E-state index is 0.489. The first-order valence-electron chi connectivity index (χ1n) is 4.90. The summed E-state index contributed by atoms with van der Waals surface area (Å²) >= 11 is 3.46. The van der Waals surface area contributed by atoms with Gasteiger partial charge in [0.1, 0.15) is 5.82 Å². The van der Waals surface area contributed by atoms with Gasteiger partial charge in [-0.05, 0) is 32.4 Å². The van der Waals surface area contributed by atoms with Crippen LogP contribution in [-0.4, -0.2) is 22.9 Å². The second-order valence-electron chi connectivity index (χ2n) is 3.67. The van der Waals surface area contributed by atoms with Gasteiger partial charge in [0.15, 0.2) is 0 Å². The van der Waals surface area contributed by atoms with E-state index in [2.05, 4.69) is 58.7 Å². The first-order chi connectivity index (χ1) is 6.65. The van der Waals surface area contributed by atoms with Crippen molar-refractivity contribution in [1.29, 1.82) is 0 Å². The highest BCUT2D eigenvalue weighted by Gasteiger charge is 2.09. The number of nitrogens with zero attached hydrogens (tertiary/aromatic N) is 2. The third-order valence-corrected chi connectivity index (χ3v) is 2.49. The molecule has 0 unspecified atom stereocenters. The molecule has 0 saturated heterocycles. The predicted octanol–water partition coefficient (Wildman–Crippen LogP) is 3.00. The van der Waals surface area contributed by atoms with Gasteiger partial charge in [0.25, 0.3) is 0 Å². The molecule has 14 heavy (non-hydrogen) atoms. The van der Waals surface area contributed by atoms with E-state index in [1.165, 1.54) is 5.56 Å². The fourth-order valence-electron chi connectivity index (χ4n) is 1.36. The highest BCUT2D eigenvalue weighted by atomic mass is 79.9. The summed E-state index contributed by atoms with van der Waals surface area (Å²) in [7, 11) is 0. The van der Waals surface area contributed by atoms with Crippen LogP contribution in [0.25, 0.3) is 0 Å². The molecule has 3 heteroatoms. The summed E-state index contributed by atoms with van der Waals surface area (Å²) in [6.07, 6.45) is 1.92. The summed E-state index contributed by atoms with van der Waals surface area (Å²) in [5.74, 6) is 1.06. The first kappa shape index (κ1) is 11.5. The molecule has 0 bridgehead atoms. The van der Waals surface area contributed by atoms with Gasteiger partial charge < -0.3 is 4.90 Å². The lowest BCUT2D eigenvalue weighted by molar-refractivity contribution is 0.697. The van der Waals surface area contributed by atoms with Crippen LogP contribution in [0.5, 0.6) is 0 Å². The monoisotopic (exact) mass is 256 g/mol. The van der Waals surface area contributed by atoms with E-state index in [1.54, 1.807) is 0 Å². The van der Waals surface area contributed by atoms with Crippen LogP contribution in [-0.2, 0) is 0 Å². The maximum Gasteiger partial charge on any atom is 0.128 e. The van der Waals surface area contributed by atoms with Crippen LogP contribution in [0.3, 0.4) is 0 Å². The lowest BCUT2D eigenvalue weighted by Gasteiger charge is -2.27. The Hall–Kier alpha value is -0.570. The SMILES string of the molecule is Cc1ccc(N(CCBr)C(C)C)nc1. The van der Waals surface area contributed by atoms with Gasteiger partial charge in [-0.1, -0.05) is 22.0 Å². The van der Waals surface area contributed by atoms with E-state index < -0.39 is 0 Å². The van der Waals surface area contributed by atoms with Crippen LogP contribution in [0.2, 0.25) is 0 Å². The summed E-state index contributed by atoms with van der Waals surface area (Å²) in [5.41, 5.74) is 1.20. The fourth-order valence-corrected chi connectivity index (χ4v) is 1.74. The minimum Gasteiger partial charge on any atom is -0.353 e. The average Bonchev–Trinajstić information content (AvgIpc) is 2.15. The third kappa shape index (κ3) is 2.98. The minimum atomic E-state index is 0.489. The molecule has 78 valence electrons. The van der Waals surface area contributed by atoms with Crippen molar-refractivity contribution in [2.75, 3.05) is 16.8 Å². The maximum absolute atomic E-state index is 4.42. The molecule has 0 aliphatic heterocycles. The van der Waals surface area contributed by atoms with Gasteiger partial charge >= 0.3 is 0 Å². The van der Waals surface area contributed by atoms with Crippen LogP contribution in [0.4, 0.5) is 5.82 Å². The number of rotatable bonds is 4. The van der Waals surface area contributed by atoms with Crippen molar-refractivity contribution in [3.05, 3.63) is 23.9 Å². The number of hydrogen-bond acceptors (Lipinski definition) is 2. The Balaban J connectivity index is 2.82. The molecule has 0 aliphatic rings. The van der Waals surface area contributed by atoms with Crippen LogP contribution in [0.15, 0.2) is 18.3 Å². The van der Waals surface area contributed by atoms with Crippen LogP contribution in [0.1, 0.15) is 19.4 Å². The van der Waals surface area contributed by atoms with Crippen LogP contribution in [0, 0.1) is 6.92 Å². The Morgan fingerprint density at radius 1 is 1.43 bits per heavy atom. The summed E-state index contributed by atoms with van der Waals surface area (Å²) in [5, 5.41) is 0.973. The summed E-state index contributed by atoms with van der Waals surface area (Å²) in [6.45, 7) is 7.42. The van der Waals surface area contributed by atoms with Crippen LogP contribution >= 0.6 is 15.9 Å². The molecule has 0 aliphatic carbocycles. The van der Waals surface area contributed by atoms with Gasteiger partial charge in [0, 0.05) is 24.1 Å². The molecule has 1 aromatic heterocycles. The van der Waals surface area contributed by atoms with E-state index in [9.17, 15) is 0 Å². The molecule has 1 heterocycles. The summed E-state index contributed by atoms with van der Waals surface area (Å²) in [4.78, 5) is 6.71. The number of alkyl halides is 1. The van der Waals surface area contributed by atoms with Gasteiger partial charge in [0.05, 0.1) is 0 Å².